The van der Waals surface area contributed by atoms with Crippen LogP contribution in [0.15, 0.2) is 102 Å². The van der Waals surface area contributed by atoms with Crippen molar-refractivity contribution in [2.24, 2.45) is 0 Å². The minimum atomic E-state index is -1.46. The number of rotatable bonds is 4. The maximum atomic E-state index is 6.22. The Morgan fingerprint density at radius 3 is 2.32 bits per heavy atom. The molecule has 1 fully saturated rings. The number of pyridine rings is 2. The molecule has 1 aliphatic rings. The van der Waals surface area contributed by atoms with E-state index in [0.717, 1.165) is 45.0 Å². The van der Waals surface area contributed by atoms with Gasteiger partial charge in [0.1, 0.15) is 5.58 Å². The summed E-state index contributed by atoms with van der Waals surface area (Å²) in [5.41, 5.74) is 7.25. The van der Waals surface area contributed by atoms with Crippen molar-refractivity contribution in [3.05, 3.63) is 115 Å². The molecule has 0 amide bonds. The first-order valence-corrected chi connectivity index (χ1v) is 17.7. The fraction of sp³-hybridized carbons (Fsp3) is 0.222. The molecule has 0 aliphatic heterocycles. The number of hydrogen-bond donors (Lipinski definition) is 0. The van der Waals surface area contributed by atoms with Crippen molar-refractivity contribution >= 4 is 35.2 Å². The van der Waals surface area contributed by atoms with Crippen molar-refractivity contribution in [1.82, 2.24) is 9.97 Å². The van der Waals surface area contributed by atoms with Crippen molar-refractivity contribution in [3.63, 3.8) is 0 Å². The van der Waals surface area contributed by atoms with Crippen LogP contribution in [-0.2, 0) is 20.1 Å². The molecule has 1 saturated carbocycles. The fourth-order valence-electron chi connectivity index (χ4n) is 5.78. The van der Waals surface area contributed by atoms with Crippen LogP contribution in [0.5, 0.6) is 0 Å². The van der Waals surface area contributed by atoms with E-state index < -0.39 is 8.07 Å². The predicted octanol–water partition coefficient (Wildman–Crippen LogP) is 9.20. The van der Waals surface area contributed by atoms with Gasteiger partial charge in [-0.2, -0.15) is 0 Å². The van der Waals surface area contributed by atoms with Crippen molar-refractivity contribution in [2.45, 2.75) is 51.2 Å². The smallest absolute Gasteiger partial charge is 0.120 e. The van der Waals surface area contributed by atoms with Crippen LogP contribution in [0.25, 0.3) is 44.5 Å². The van der Waals surface area contributed by atoms with Gasteiger partial charge in [0.2, 0.25) is 0 Å². The van der Waals surface area contributed by atoms with Gasteiger partial charge in [0.25, 0.3) is 0 Å². The standard InChI is InChI=1S/C20H18NOSi.C16H16N.Ir/c1-23(2,3)18-12-7-11-17-19(18)15-9-6-8-14(20(15)22-17)16-10-4-5-13-21-16;1-2-8-14(9-3-1)16-12-15(10-11-17-16)13-6-4-5-7-13;/h4-7,9-13H,1-3H3;1-3,8,10-13H,4-7H2;/q2*-1;. The first-order chi connectivity index (χ1) is 19.5. The van der Waals surface area contributed by atoms with Crippen molar-refractivity contribution in [3.8, 4) is 22.5 Å². The van der Waals surface area contributed by atoms with E-state index in [4.69, 9.17) is 4.42 Å². The molecule has 0 unspecified atom stereocenters. The van der Waals surface area contributed by atoms with Crippen LogP contribution < -0.4 is 5.19 Å². The van der Waals surface area contributed by atoms with E-state index in [-0.39, 0.29) is 20.1 Å². The summed E-state index contributed by atoms with van der Waals surface area (Å²) in [6, 6.07) is 35.4. The Bertz CT molecular complexity index is 1740. The third kappa shape index (κ3) is 6.28. The first kappa shape index (κ1) is 29.1. The Morgan fingerprint density at radius 1 is 0.780 bits per heavy atom. The van der Waals surface area contributed by atoms with Crippen molar-refractivity contribution in [1.29, 1.82) is 0 Å². The van der Waals surface area contributed by atoms with Crippen LogP contribution in [0.2, 0.25) is 19.6 Å². The Morgan fingerprint density at radius 2 is 1.59 bits per heavy atom. The van der Waals surface area contributed by atoms with E-state index in [2.05, 4.69) is 84.2 Å². The molecule has 5 heteroatoms. The van der Waals surface area contributed by atoms with Crippen molar-refractivity contribution in [2.75, 3.05) is 0 Å². The van der Waals surface area contributed by atoms with Crippen LogP contribution in [0.4, 0.5) is 0 Å². The summed E-state index contributed by atoms with van der Waals surface area (Å²) in [7, 11) is -1.46. The van der Waals surface area contributed by atoms with Gasteiger partial charge in [0.05, 0.1) is 13.7 Å². The second-order valence-electron chi connectivity index (χ2n) is 11.6. The van der Waals surface area contributed by atoms with Gasteiger partial charge in [-0.15, -0.1) is 54.1 Å². The topological polar surface area (TPSA) is 38.9 Å². The van der Waals surface area contributed by atoms with Crippen LogP contribution in [0.1, 0.15) is 37.2 Å². The molecule has 3 aromatic heterocycles. The SMILES string of the molecule is C[Si](C)(C)c1cccc2oc3c(-c4ccccn4)[c-]ccc3c12.[Ir].[c-]1ccccc1-c1cc(C2CCCC2)ccn1. The molecule has 1 radical (unpaired) electrons. The van der Waals surface area contributed by atoms with E-state index in [9.17, 15) is 0 Å². The average molecular weight is 731 g/mol. The van der Waals surface area contributed by atoms with E-state index in [1.807, 2.05) is 48.7 Å². The van der Waals surface area contributed by atoms with Gasteiger partial charge in [0, 0.05) is 37.9 Å². The van der Waals surface area contributed by atoms with E-state index in [1.165, 1.54) is 41.8 Å². The Balaban J connectivity index is 0.000000168. The van der Waals surface area contributed by atoms with Gasteiger partial charge in [-0.25, -0.2) is 0 Å². The zero-order valence-corrected chi connectivity index (χ0v) is 27.2. The van der Waals surface area contributed by atoms with Gasteiger partial charge < -0.3 is 14.4 Å². The van der Waals surface area contributed by atoms with Crippen LogP contribution >= 0.6 is 0 Å². The summed E-state index contributed by atoms with van der Waals surface area (Å²) in [5, 5.41) is 3.86. The first-order valence-electron chi connectivity index (χ1n) is 14.2. The summed E-state index contributed by atoms with van der Waals surface area (Å²) < 4.78 is 6.22. The number of benzene rings is 3. The van der Waals surface area contributed by atoms with Gasteiger partial charge in [-0.1, -0.05) is 84.5 Å². The Labute approximate surface area is 257 Å². The second-order valence-corrected chi connectivity index (χ2v) is 16.6. The quantitative estimate of drug-likeness (QED) is 0.134. The minimum Gasteiger partial charge on any atom is -0.501 e. The molecule has 0 bridgehead atoms. The number of nitrogens with zero attached hydrogens (tertiary/aromatic N) is 2. The second kappa shape index (κ2) is 12.6. The molecule has 3 nitrogen and oxygen atoms in total. The number of aromatic nitrogens is 2. The van der Waals surface area contributed by atoms with E-state index in [1.54, 1.807) is 6.20 Å². The molecule has 3 heterocycles. The number of furan rings is 1. The molecule has 3 aromatic carbocycles. The summed E-state index contributed by atoms with van der Waals surface area (Å²) in [5.74, 6) is 0.750. The summed E-state index contributed by atoms with van der Waals surface area (Å²) in [6.45, 7) is 7.11. The van der Waals surface area contributed by atoms with Gasteiger partial charge in [0.15, 0.2) is 0 Å². The van der Waals surface area contributed by atoms with Crippen LogP contribution in [0, 0.1) is 12.1 Å². The largest absolute Gasteiger partial charge is 0.501 e. The molecule has 0 N–H and O–H groups in total. The molecular formula is C36H34IrN2OSi-2. The van der Waals surface area contributed by atoms with E-state index >= 15 is 0 Å². The molecule has 1 aliphatic carbocycles. The monoisotopic (exact) mass is 731 g/mol. The summed E-state index contributed by atoms with van der Waals surface area (Å²) >= 11 is 0. The zero-order valence-electron chi connectivity index (χ0n) is 23.8. The van der Waals surface area contributed by atoms with Crippen molar-refractivity contribution < 1.29 is 24.5 Å². The fourth-order valence-corrected chi connectivity index (χ4v) is 7.38. The summed E-state index contributed by atoms with van der Waals surface area (Å²) in [4.78, 5) is 8.91. The zero-order chi connectivity index (χ0) is 27.5. The molecule has 41 heavy (non-hydrogen) atoms. The number of fused-ring (bicyclic) bond motifs is 3. The van der Waals surface area contributed by atoms with Gasteiger partial charge >= 0.3 is 0 Å². The predicted molar refractivity (Wildman–Crippen MR) is 168 cm³/mol. The third-order valence-corrected chi connectivity index (χ3v) is 9.81. The molecule has 0 atom stereocenters. The molecule has 6 aromatic rings. The van der Waals surface area contributed by atoms with Crippen LogP contribution in [0.3, 0.4) is 0 Å². The van der Waals surface area contributed by atoms with Gasteiger partial charge in [-0.3, -0.25) is 0 Å². The average Bonchev–Trinajstić information content (AvgIpc) is 3.67. The minimum absolute atomic E-state index is 0. The maximum Gasteiger partial charge on any atom is 0.120 e. The molecule has 0 spiro atoms. The normalized spacial score (nSPS) is 13.5. The Hall–Kier alpha value is -3.37. The maximum absolute atomic E-state index is 6.22. The molecular weight excluding hydrogens is 697 g/mol. The van der Waals surface area contributed by atoms with Gasteiger partial charge in [-0.05, 0) is 48.3 Å². The molecule has 209 valence electrons. The van der Waals surface area contributed by atoms with Crippen LogP contribution in [-0.4, -0.2) is 18.0 Å². The summed E-state index contributed by atoms with van der Waals surface area (Å²) in [6.07, 6.45) is 9.16. The molecule has 0 saturated heterocycles. The third-order valence-electron chi connectivity index (χ3n) is 7.78. The molecule has 7 rings (SSSR count). The van der Waals surface area contributed by atoms with E-state index in [0.29, 0.717) is 0 Å². The Kier molecular flexibility index (Phi) is 8.99. The number of hydrogen-bond acceptors (Lipinski definition) is 3.